The molecule has 86 valence electrons. The van der Waals surface area contributed by atoms with Gasteiger partial charge in [0.15, 0.2) is 5.82 Å². The molecular formula is C10H21N5. The highest BCUT2D eigenvalue weighted by Gasteiger charge is 2.23. The maximum Gasteiger partial charge on any atom is 0.169 e. The number of rotatable bonds is 3. The lowest BCUT2D eigenvalue weighted by molar-refractivity contribution is 0.358. The maximum atomic E-state index is 5.83. The van der Waals surface area contributed by atoms with Gasteiger partial charge in [-0.25, -0.2) is 4.68 Å². The molecule has 0 spiro atoms. The van der Waals surface area contributed by atoms with Crippen LogP contribution in [0, 0.1) is 0 Å². The number of hydrogen-bond acceptors (Lipinski definition) is 4. The summed E-state index contributed by atoms with van der Waals surface area (Å²) in [6, 6.07) is 0. The van der Waals surface area contributed by atoms with E-state index in [1.807, 2.05) is 18.8 Å². The quantitative estimate of drug-likeness (QED) is 0.800. The summed E-state index contributed by atoms with van der Waals surface area (Å²) in [7, 11) is 4.08. The third-order valence-corrected chi connectivity index (χ3v) is 2.23. The molecule has 0 radical (unpaired) electrons. The molecule has 2 N–H and O–H groups in total. The van der Waals surface area contributed by atoms with Crippen molar-refractivity contribution in [2.75, 3.05) is 26.4 Å². The molecule has 0 fully saturated rings. The summed E-state index contributed by atoms with van der Waals surface area (Å²) in [4.78, 5) is 2.12. The largest absolute Gasteiger partial charge is 0.381 e. The topological polar surface area (TPSA) is 60.0 Å². The molecule has 0 saturated carbocycles. The zero-order chi connectivity index (χ0) is 11.6. The van der Waals surface area contributed by atoms with E-state index in [9.17, 15) is 0 Å². The molecule has 0 bridgehead atoms. The zero-order valence-electron chi connectivity index (χ0n) is 10.3. The summed E-state index contributed by atoms with van der Waals surface area (Å²) >= 11 is 0. The summed E-state index contributed by atoms with van der Waals surface area (Å²) in [5, 5.41) is 8.00. The van der Waals surface area contributed by atoms with Crippen molar-refractivity contribution in [3.8, 4) is 0 Å². The molecular weight excluding hydrogens is 190 g/mol. The number of anilines is 1. The SMILES string of the molecule is CN(C)CCn1nnc(N)c1C(C)(C)C. The van der Waals surface area contributed by atoms with Gasteiger partial charge in [0.25, 0.3) is 0 Å². The fourth-order valence-electron chi connectivity index (χ4n) is 1.55. The Kier molecular flexibility index (Phi) is 3.34. The van der Waals surface area contributed by atoms with Crippen LogP contribution in [0.25, 0.3) is 0 Å². The number of likely N-dealkylation sites (N-methyl/N-ethyl adjacent to an activating group) is 1. The zero-order valence-corrected chi connectivity index (χ0v) is 10.3. The second-order valence-electron chi connectivity index (χ2n) is 5.10. The second-order valence-corrected chi connectivity index (χ2v) is 5.10. The Balaban J connectivity index is 2.89. The van der Waals surface area contributed by atoms with Crippen LogP contribution in [0.15, 0.2) is 0 Å². The minimum Gasteiger partial charge on any atom is -0.381 e. The van der Waals surface area contributed by atoms with Crippen molar-refractivity contribution in [3.63, 3.8) is 0 Å². The molecule has 0 unspecified atom stereocenters. The Labute approximate surface area is 91.2 Å². The second kappa shape index (κ2) is 4.18. The molecule has 0 aliphatic rings. The first-order chi connectivity index (χ1) is 6.82. The molecule has 0 aliphatic heterocycles. The van der Waals surface area contributed by atoms with E-state index in [1.165, 1.54) is 0 Å². The smallest absolute Gasteiger partial charge is 0.169 e. The van der Waals surface area contributed by atoms with Gasteiger partial charge in [-0.3, -0.25) is 0 Å². The Hall–Kier alpha value is -1.10. The van der Waals surface area contributed by atoms with Crippen LogP contribution in [0.3, 0.4) is 0 Å². The van der Waals surface area contributed by atoms with Crippen molar-refractivity contribution in [3.05, 3.63) is 5.69 Å². The average Bonchev–Trinajstić information content (AvgIpc) is 2.42. The highest BCUT2D eigenvalue weighted by Crippen LogP contribution is 2.25. The fraction of sp³-hybridized carbons (Fsp3) is 0.800. The molecule has 5 nitrogen and oxygen atoms in total. The van der Waals surface area contributed by atoms with Gasteiger partial charge in [-0.15, -0.1) is 5.10 Å². The van der Waals surface area contributed by atoms with Crippen molar-refractivity contribution in [1.82, 2.24) is 19.9 Å². The van der Waals surface area contributed by atoms with Crippen LogP contribution < -0.4 is 5.73 Å². The van der Waals surface area contributed by atoms with E-state index in [1.54, 1.807) is 0 Å². The molecule has 0 atom stereocenters. The minimum absolute atomic E-state index is 0.0140. The molecule has 0 amide bonds. The monoisotopic (exact) mass is 211 g/mol. The molecule has 1 aromatic rings. The van der Waals surface area contributed by atoms with Gasteiger partial charge in [0.1, 0.15) is 0 Å². The van der Waals surface area contributed by atoms with Crippen molar-refractivity contribution < 1.29 is 0 Å². The highest BCUT2D eigenvalue weighted by molar-refractivity contribution is 5.37. The van der Waals surface area contributed by atoms with Crippen molar-refractivity contribution >= 4 is 5.82 Å². The van der Waals surface area contributed by atoms with E-state index in [0.717, 1.165) is 18.8 Å². The van der Waals surface area contributed by atoms with Crippen LogP contribution in [0.4, 0.5) is 5.82 Å². The van der Waals surface area contributed by atoms with E-state index in [0.29, 0.717) is 5.82 Å². The lowest BCUT2D eigenvalue weighted by Gasteiger charge is -2.20. The van der Waals surface area contributed by atoms with Crippen molar-refractivity contribution in [2.24, 2.45) is 0 Å². The molecule has 0 saturated heterocycles. The van der Waals surface area contributed by atoms with E-state index in [4.69, 9.17) is 5.73 Å². The molecule has 1 aromatic heterocycles. The predicted molar refractivity (Wildman–Crippen MR) is 61.7 cm³/mol. The third-order valence-electron chi connectivity index (χ3n) is 2.23. The van der Waals surface area contributed by atoms with E-state index >= 15 is 0 Å². The van der Waals surface area contributed by atoms with Crippen LogP contribution in [-0.2, 0) is 12.0 Å². The predicted octanol–water partition coefficient (Wildman–Crippen LogP) is 0.719. The van der Waals surface area contributed by atoms with E-state index < -0.39 is 0 Å². The molecule has 1 heterocycles. The lowest BCUT2D eigenvalue weighted by atomic mass is 9.92. The van der Waals surface area contributed by atoms with E-state index in [2.05, 4.69) is 36.0 Å². The first-order valence-electron chi connectivity index (χ1n) is 5.16. The number of nitrogens with zero attached hydrogens (tertiary/aromatic N) is 4. The fourth-order valence-corrected chi connectivity index (χ4v) is 1.55. The molecule has 0 aromatic carbocycles. The molecule has 15 heavy (non-hydrogen) atoms. The van der Waals surface area contributed by atoms with Crippen LogP contribution in [0.5, 0.6) is 0 Å². The Morgan fingerprint density at radius 3 is 2.40 bits per heavy atom. The van der Waals surface area contributed by atoms with Gasteiger partial charge < -0.3 is 10.6 Å². The molecule has 1 rings (SSSR count). The Bertz CT molecular complexity index is 321. The van der Waals surface area contributed by atoms with Crippen molar-refractivity contribution in [1.29, 1.82) is 0 Å². The normalized spacial score (nSPS) is 12.4. The maximum absolute atomic E-state index is 5.83. The minimum atomic E-state index is -0.0140. The average molecular weight is 211 g/mol. The number of aromatic nitrogens is 3. The summed E-state index contributed by atoms with van der Waals surface area (Å²) < 4.78 is 1.90. The molecule has 0 aliphatic carbocycles. The van der Waals surface area contributed by atoms with Gasteiger partial charge in [0.05, 0.1) is 12.2 Å². The van der Waals surface area contributed by atoms with Gasteiger partial charge in [-0.05, 0) is 14.1 Å². The van der Waals surface area contributed by atoms with E-state index in [-0.39, 0.29) is 5.41 Å². The first kappa shape index (κ1) is 12.0. The van der Waals surface area contributed by atoms with Gasteiger partial charge in [0.2, 0.25) is 0 Å². The van der Waals surface area contributed by atoms with Crippen LogP contribution in [-0.4, -0.2) is 40.5 Å². The summed E-state index contributed by atoms with van der Waals surface area (Å²) in [5.41, 5.74) is 6.83. The number of nitrogen functional groups attached to an aromatic ring is 1. The highest BCUT2D eigenvalue weighted by atomic mass is 15.4. The number of hydrogen-bond donors (Lipinski definition) is 1. The third kappa shape index (κ3) is 2.92. The van der Waals surface area contributed by atoms with Gasteiger partial charge in [-0.1, -0.05) is 26.0 Å². The standard InChI is InChI=1S/C10H21N5/c1-10(2,3)8-9(11)12-13-15(8)7-6-14(4)5/h6-7,11H2,1-5H3. The van der Waals surface area contributed by atoms with Gasteiger partial charge >= 0.3 is 0 Å². The van der Waals surface area contributed by atoms with Crippen LogP contribution >= 0.6 is 0 Å². The number of nitrogens with two attached hydrogens (primary N) is 1. The van der Waals surface area contributed by atoms with Crippen LogP contribution in [0.2, 0.25) is 0 Å². The summed E-state index contributed by atoms with van der Waals surface area (Å²) in [5.74, 6) is 0.543. The lowest BCUT2D eigenvalue weighted by Crippen LogP contribution is -2.25. The summed E-state index contributed by atoms with van der Waals surface area (Å²) in [6.07, 6.45) is 0. The Morgan fingerprint density at radius 2 is 1.93 bits per heavy atom. The Morgan fingerprint density at radius 1 is 1.33 bits per heavy atom. The van der Waals surface area contributed by atoms with Crippen LogP contribution in [0.1, 0.15) is 26.5 Å². The molecule has 5 heteroatoms. The van der Waals surface area contributed by atoms with Gasteiger partial charge in [0, 0.05) is 12.0 Å². The summed E-state index contributed by atoms with van der Waals surface area (Å²) in [6.45, 7) is 8.12. The first-order valence-corrected chi connectivity index (χ1v) is 5.16. The van der Waals surface area contributed by atoms with Gasteiger partial charge in [-0.2, -0.15) is 0 Å². The van der Waals surface area contributed by atoms with Crippen molar-refractivity contribution in [2.45, 2.75) is 32.7 Å².